The van der Waals surface area contributed by atoms with Crippen LogP contribution in [-0.2, 0) is 0 Å². The van der Waals surface area contributed by atoms with Crippen LogP contribution in [0.25, 0.3) is 0 Å². The number of nitrogens with zero attached hydrogens (tertiary/aromatic N) is 4. The number of rotatable bonds is 4. The molecule has 0 amide bonds. The van der Waals surface area contributed by atoms with Crippen LogP contribution in [0.5, 0.6) is 0 Å². The van der Waals surface area contributed by atoms with E-state index in [9.17, 15) is 0 Å². The first kappa shape index (κ1) is 14.6. The summed E-state index contributed by atoms with van der Waals surface area (Å²) in [7, 11) is 0. The third-order valence-corrected chi connectivity index (χ3v) is 4.05. The van der Waals surface area contributed by atoms with E-state index in [1.54, 1.807) is 18.5 Å². The maximum absolute atomic E-state index is 8.87. The fraction of sp³-hybridized carbons (Fsp3) is 0.571. The Balaban J connectivity index is 2.11. The van der Waals surface area contributed by atoms with Crippen LogP contribution >= 0.6 is 0 Å². The van der Waals surface area contributed by atoms with E-state index in [4.69, 9.17) is 10.9 Å². The highest BCUT2D eigenvalue weighted by atomic mass is 16.4. The van der Waals surface area contributed by atoms with Crippen LogP contribution in [0.1, 0.15) is 25.8 Å². The summed E-state index contributed by atoms with van der Waals surface area (Å²) in [5.74, 6) is 0.131. The molecule has 0 radical (unpaired) electrons. The van der Waals surface area contributed by atoms with Crippen molar-refractivity contribution in [1.29, 1.82) is 0 Å². The molecule has 1 aromatic heterocycles. The average molecular weight is 277 g/mol. The number of anilines is 1. The summed E-state index contributed by atoms with van der Waals surface area (Å²) in [6.07, 6.45) is 4.61. The Hall–Kier alpha value is -1.82. The number of pyridine rings is 1. The van der Waals surface area contributed by atoms with E-state index in [1.165, 1.54) is 6.42 Å². The van der Waals surface area contributed by atoms with Gasteiger partial charge in [0.1, 0.15) is 0 Å². The largest absolute Gasteiger partial charge is 0.409 e. The molecule has 3 N–H and O–H groups in total. The van der Waals surface area contributed by atoms with Crippen molar-refractivity contribution in [2.45, 2.75) is 26.3 Å². The quantitative estimate of drug-likeness (QED) is 0.373. The number of piperazine rings is 1. The molecule has 0 bridgehead atoms. The zero-order valence-corrected chi connectivity index (χ0v) is 12.2. The molecule has 1 aromatic rings. The van der Waals surface area contributed by atoms with Gasteiger partial charge in [0, 0.05) is 44.0 Å². The zero-order chi connectivity index (χ0) is 14.5. The number of aromatic nitrogens is 1. The number of nitrogens with two attached hydrogens (primary N) is 1. The van der Waals surface area contributed by atoms with Gasteiger partial charge in [0.2, 0.25) is 0 Å². The fourth-order valence-corrected chi connectivity index (χ4v) is 2.57. The monoisotopic (exact) mass is 277 g/mol. The predicted molar refractivity (Wildman–Crippen MR) is 80.3 cm³/mol. The summed E-state index contributed by atoms with van der Waals surface area (Å²) in [4.78, 5) is 8.91. The summed E-state index contributed by atoms with van der Waals surface area (Å²) in [5.41, 5.74) is 7.41. The van der Waals surface area contributed by atoms with Gasteiger partial charge < -0.3 is 15.8 Å². The predicted octanol–water partition coefficient (Wildman–Crippen LogP) is 1.10. The molecule has 1 atom stereocenters. The molecule has 0 spiro atoms. The number of amidine groups is 1. The van der Waals surface area contributed by atoms with E-state index >= 15 is 0 Å². The van der Waals surface area contributed by atoms with Crippen molar-refractivity contribution in [3.05, 3.63) is 24.0 Å². The highest BCUT2D eigenvalue weighted by Crippen LogP contribution is 2.21. The molecule has 110 valence electrons. The molecular weight excluding hydrogens is 254 g/mol. The molecule has 20 heavy (non-hydrogen) atoms. The summed E-state index contributed by atoms with van der Waals surface area (Å²) < 4.78 is 0. The van der Waals surface area contributed by atoms with Crippen molar-refractivity contribution in [2.24, 2.45) is 10.9 Å². The third kappa shape index (κ3) is 3.01. The maximum atomic E-state index is 8.87. The minimum atomic E-state index is 0.131. The van der Waals surface area contributed by atoms with E-state index in [-0.39, 0.29) is 5.84 Å². The van der Waals surface area contributed by atoms with Crippen LogP contribution in [0.15, 0.2) is 23.6 Å². The van der Waals surface area contributed by atoms with Crippen molar-refractivity contribution in [1.82, 2.24) is 9.88 Å². The summed E-state index contributed by atoms with van der Waals surface area (Å²) in [6.45, 7) is 8.40. The topological polar surface area (TPSA) is 78.0 Å². The van der Waals surface area contributed by atoms with Gasteiger partial charge in [-0.15, -0.1) is 0 Å². The standard InChI is InChI=1S/C14H23N5O/c1-3-11(2)18-6-8-19(9-7-18)13-10-16-5-4-12(13)14(15)17-20/h4-5,10-11,20H,3,6-9H2,1-2H3,(H2,15,17). The molecule has 0 aromatic carbocycles. The van der Waals surface area contributed by atoms with Gasteiger partial charge in [-0.25, -0.2) is 0 Å². The number of hydrogen-bond donors (Lipinski definition) is 2. The van der Waals surface area contributed by atoms with Crippen LogP contribution in [0, 0.1) is 0 Å². The maximum Gasteiger partial charge on any atom is 0.172 e. The first-order valence-electron chi connectivity index (χ1n) is 7.08. The minimum absolute atomic E-state index is 0.131. The van der Waals surface area contributed by atoms with Crippen molar-refractivity contribution in [3.8, 4) is 0 Å². The van der Waals surface area contributed by atoms with Crippen molar-refractivity contribution < 1.29 is 5.21 Å². The molecular formula is C14H23N5O. The smallest absolute Gasteiger partial charge is 0.172 e. The van der Waals surface area contributed by atoms with Gasteiger partial charge in [0.25, 0.3) is 0 Å². The van der Waals surface area contributed by atoms with Gasteiger partial charge in [-0.05, 0) is 19.4 Å². The highest BCUT2D eigenvalue weighted by molar-refractivity contribution is 6.02. The van der Waals surface area contributed by atoms with Gasteiger partial charge in [0.15, 0.2) is 5.84 Å². The number of hydrogen-bond acceptors (Lipinski definition) is 5. The average Bonchev–Trinajstić information content (AvgIpc) is 2.53. The van der Waals surface area contributed by atoms with Crippen LogP contribution in [-0.4, -0.2) is 53.1 Å². The second-order valence-corrected chi connectivity index (χ2v) is 5.16. The second-order valence-electron chi connectivity index (χ2n) is 5.16. The summed E-state index contributed by atoms with van der Waals surface area (Å²) in [6, 6.07) is 2.40. The molecule has 1 saturated heterocycles. The molecule has 1 fully saturated rings. The van der Waals surface area contributed by atoms with Crippen LogP contribution < -0.4 is 10.6 Å². The van der Waals surface area contributed by atoms with Crippen LogP contribution in [0.3, 0.4) is 0 Å². The van der Waals surface area contributed by atoms with E-state index in [1.807, 2.05) is 0 Å². The van der Waals surface area contributed by atoms with Crippen LogP contribution in [0.2, 0.25) is 0 Å². The Bertz CT molecular complexity index is 468. The lowest BCUT2D eigenvalue weighted by atomic mass is 10.1. The van der Waals surface area contributed by atoms with Gasteiger partial charge in [-0.3, -0.25) is 9.88 Å². The normalized spacial score (nSPS) is 19.1. The van der Waals surface area contributed by atoms with Gasteiger partial charge >= 0.3 is 0 Å². The highest BCUT2D eigenvalue weighted by Gasteiger charge is 2.22. The molecule has 1 aliphatic heterocycles. The van der Waals surface area contributed by atoms with Crippen molar-refractivity contribution >= 4 is 11.5 Å². The Labute approximate surface area is 119 Å². The minimum Gasteiger partial charge on any atom is -0.409 e. The van der Waals surface area contributed by atoms with E-state index in [2.05, 4.69) is 33.8 Å². The SMILES string of the molecule is CCC(C)N1CCN(c2cnccc2/C(N)=N/O)CC1. The molecule has 6 nitrogen and oxygen atoms in total. The van der Waals surface area contributed by atoms with Gasteiger partial charge in [-0.1, -0.05) is 12.1 Å². The Morgan fingerprint density at radius 1 is 1.45 bits per heavy atom. The van der Waals surface area contributed by atoms with E-state index < -0.39 is 0 Å². The van der Waals surface area contributed by atoms with Crippen molar-refractivity contribution in [2.75, 3.05) is 31.1 Å². The molecule has 2 rings (SSSR count). The molecule has 1 unspecified atom stereocenters. The van der Waals surface area contributed by atoms with Crippen LogP contribution in [0.4, 0.5) is 5.69 Å². The molecule has 2 heterocycles. The Kier molecular flexibility index (Phi) is 4.79. The van der Waals surface area contributed by atoms with Crippen molar-refractivity contribution in [3.63, 3.8) is 0 Å². The number of oxime groups is 1. The first-order chi connectivity index (χ1) is 9.67. The fourth-order valence-electron chi connectivity index (χ4n) is 2.57. The Morgan fingerprint density at radius 2 is 2.15 bits per heavy atom. The molecule has 1 aliphatic rings. The molecule has 0 saturated carbocycles. The zero-order valence-electron chi connectivity index (χ0n) is 12.2. The van der Waals surface area contributed by atoms with E-state index in [0.29, 0.717) is 6.04 Å². The summed E-state index contributed by atoms with van der Waals surface area (Å²) >= 11 is 0. The first-order valence-corrected chi connectivity index (χ1v) is 7.08. The van der Waals surface area contributed by atoms with Gasteiger partial charge in [-0.2, -0.15) is 0 Å². The van der Waals surface area contributed by atoms with E-state index in [0.717, 1.165) is 37.4 Å². The summed E-state index contributed by atoms with van der Waals surface area (Å²) in [5, 5.41) is 12.0. The lowest BCUT2D eigenvalue weighted by Crippen LogP contribution is -2.49. The molecule has 6 heteroatoms. The lowest BCUT2D eigenvalue weighted by Gasteiger charge is -2.39. The lowest BCUT2D eigenvalue weighted by molar-refractivity contribution is 0.193. The van der Waals surface area contributed by atoms with Gasteiger partial charge in [0.05, 0.1) is 11.9 Å². The Morgan fingerprint density at radius 3 is 2.75 bits per heavy atom. The third-order valence-electron chi connectivity index (χ3n) is 4.05. The second kappa shape index (κ2) is 6.56. The molecule has 0 aliphatic carbocycles.